The van der Waals surface area contributed by atoms with Gasteiger partial charge in [-0.25, -0.2) is 13.8 Å². The number of oxazole rings is 1. The van der Waals surface area contributed by atoms with E-state index >= 15 is 0 Å². The van der Waals surface area contributed by atoms with Gasteiger partial charge in [0.15, 0.2) is 22.1 Å². The molecule has 0 unspecified atom stereocenters. The summed E-state index contributed by atoms with van der Waals surface area (Å²) in [5.41, 5.74) is 4.81. The Balaban J connectivity index is 1.67. The predicted octanol–water partition coefficient (Wildman–Crippen LogP) is 5.00. The van der Waals surface area contributed by atoms with Crippen LogP contribution in [0.5, 0.6) is 11.5 Å². The fourth-order valence-corrected chi connectivity index (χ4v) is 3.07. The SMILES string of the molecule is NC(=O)c1c(F)ccc(OCCc2nc(-c3ccc(OC(F)(F)F)cc3)c(Br)o2)c1F. The maximum atomic E-state index is 14.1. The third-order valence-corrected chi connectivity index (χ3v) is 4.40. The van der Waals surface area contributed by atoms with Crippen LogP contribution in [0.2, 0.25) is 0 Å². The summed E-state index contributed by atoms with van der Waals surface area (Å²) in [6, 6.07) is 6.84. The van der Waals surface area contributed by atoms with Gasteiger partial charge in [-0.05, 0) is 52.3 Å². The summed E-state index contributed by atoms with van der Waals surface area (Å²) in [5, 5.41) is 0. The number of primary amides is 1. The van der Waals surface area contributed by atoms with Crippen molar-refractivity contribution in [2.45, 2.75) is 12.8 Å². The number of amides is 1. The van der Waals surface area contributed by atoms with E-state index in [0.29, 0.717) is 11.3 Å². The molecule has 2 aromatic carbocycles. The van der Waals surface area contributed by atoms with E-state index in [1.807, 2.05) is 0 Å². The van der Waals surface area contributed by atoms with Crippen LogP contribution in [0.15, 0.2) is 45.5 Å². The van der Waals surface area contributed by atoms with Crippen molar-refractivity contribution in [3.8, 4) is 22.8 Å². The summed E-state index contributed by atoms with van der Waals surface area (Å²) < 4.78 is 79.0. The van der Waals surface area contributed by atoms with Gasteiger partial charge in [0, 0.05) is 5.56 Å². The molecule has 0 radical (unpaired) electrons. The molecule has 1 amide bonds. The fourth-order valence-electron chi connectivity index (χ4n) is 2.56. The molecular formula is C19H12BrF5N2O4. The number of hydrogen-bond acceptors (Lipinski definition) is 5. The first kappa shape index (κ1) is 22.5. The molecule has 6 nitrogen and oxygen atoms in total. The molecule has 0 saturated carbocycles. The summed E-state index contributed by atoms with van der Waals surface area (Å²) in [5.74, 6) is -4.18. The molecule has 0 spiro atoms. The molecule has 0 aliphatic heterocycles. The molecule has 31 heavy (non-hydrogen) atoms. The highest BCUT2D eigenvalue weighted by Crippen LogP contribution is 2.31. The second-order valence-corrected chi connectivity index (χ2v) is 6.72. The van der Waals surface area contributed by atoms with Gasteiger partial charge in [0.25, 0.3) is 5.91 Å². The monoisotopic (exact) mass is 506 g/mol. The molecule has 0 aliphatic rings. The zero-order valence-electron chi connectivity index (χ0n) is 15.3. The van der Waals surface area contributed by atoms with Crippen LogP contribution < -0.4 is 15.2 Å². The molecule has 0 saturated heterocycles. The third kappa shape index (κ3) is 5.51. The highest BCUT2D eigenvalue weighted by atomic mass is 79.9. The second-order valence-electron chi connectivity index (χ2n) is 6.00. The Morgan fingerprint density at radius 2 is 1.81 bits per heavy atom. The molecule has 3 rings (SSSR count). The lowest BCUT2D eigenvalue weighted by Gasteiger charge is -2.08. The predicted molar refractivity (Wildman–Crippen MR) is 100 cm³/mol. The minimum Gasteiger partial charge on any atom is -0.490 e. The van der Waals surface area contributed by atoms with E-state index in [1.54, 1.807) is 0 Å². The molecule has 0 bridgehead atoms. The maximum Gasteiger partial charge on any atom is 0.573 e. The average molecular weight is 507 g/mol. The Bertz CT molecular complexity index is 1100. The van der Waals surface area contributed by atoms with Crippen molar-refractivity contribution in [2.24, 2.45) is 5.73 Å². The van der Waals surface area contributed by atoms with Crippen molar-refractivity contribution in [3.63, 3.8) is 0 Å². The number of rotatable bonds is 7. The van der Waals surface area contributed by atoms with Gasteiger partial charge >= 0.3 is 6.36 Å². The van der Waals surface area contributed by atoms with E-state index < -0.39 is 29.5 Å². The highest BCUT2D eigenvalue weighted by Gasteiger charge is 2.31. The van der Waals surface area contributed by atoms with Crippen molar-refractivity contribution < 1.29 is 40.6 Å². The molecular weight excluding hydrogens is 495 g/mol. The van der Waals surface area contributed by atoms with E-state index in [2.05, 4.69) is 25.7 Å². The number of alkyl halides is 3. The van der Waals surface area contributed by atoms with Gasteiger partial charge in [-0.3, -0.25) is 4.79 Å². The van der Waals surface area contributed by atoms with E-state index in [4.69, 9.17) is 14.9 Å². The first-order valence-corrected chi connectivity index (χ1v) is 9.26. The molecule has 1 heterocycles. The summed E-state index contributed by atoms with van der Waals surface area (Å²) in [6.07, 6.45) is -4.73. The van der Waals surface area contributed by atoms with Crippen LogP contribution in [0, 0.1) is 11.6 Å². The smallest absolute Gasteiger partial charge is 0.490 e. The Labute approximate surface area is 179 Å². The average Bonchev–Trinajstić information content (AvgIpc) is 3.03. The van der Waals surface area contributed by atoms with Crippen molar-refractivity contribution in [1.82, 2.24) is 4.98 Å². The van der Waals surface area contributed by atoms with Crippen molar-refractivity contribution >= 4 is 21.8 Å². The number of benzene rings is 2. The molecule has 0 aliphatic carbocycles. The lowest BCUT2D eigenvalue weighted by atomic mass is 10.1. The zero-order valence-corrected chi connectivity index (χ0v) is 16.9. The summed E-state index contributed by atoms with van der Waals surface area (Å²) >= 11 is 3.17. The third-order valence-electron chi connectivity index (χ3n) is 3.87. The van der Waals surface area contributed by atoms with Crippen molar-refractivity contribution in [1.29, 1.82) is 0 Å². The van der Waals surface area contributed by atoms with Gasteiger partial charge in [-0.15, -0.1) is 13.2 Å². The van der Waals surface area contributed by atoms with E-state index in [0.717, 1.165) is 24.3 Å². The number of carbonyl (C=O) groups is 1. The minimum absolute atomic E-state index is 0.0661. The summed E-state index contributed by atoms with van der Waals surface area (Å²) in [4.78, 5) is 15.4. The molecule has 0 atom stereocenters. The number of hydrogen-bond donors (Lipinski definition) is 1. The minimum atomic E-state index is -4.80. The van der Waals surface area contributed by atoms with E-state index in [-0.39, 0.29) is 35.1 Å². The van der Waals surface area contributed by atoms with Gasteiger partial charge in [0.1, 0.15) is 22.8 Å². The molecule has 12 heteroatoms. The van der Waals surface area contributed by atoms with Crippen LogP contribution in [-0.2, 0) is 6.42 Å². The van der Waals surface area contributed by atoms with Crippen LogP contribution in [-0.4, -0.2) is 23.9 Å². The van der Waals surface area contributed by atoms with E-state index in [9.17, 15) is 26.7 Å². The standard InChI is InChI=1S/C19H12BrF5N2O4/c20-17-16(9-1-3-10(4-2-9)31-19(23,24)25)27-13(30-17)7-8-29-12-6-5-11(21)14(15(12)22)18(26)28/h1-6H,7-8H2,(H2,26,28). The fraction of sp³-hybridized carbons (Fsp3) is 0.158. The van der Waals surface area contributed by atoms with Crippen molar-refractivity contribution in [3.05, 3.63) is 64.2 Å². The number of aromatic nitrogens is 1. The maximum absolute atomic E-state index is 14.1. The lowest BCUT2D eigenvalue weighted by molar-refractivity contribution is -0.274. The second kappa shape index (κ2) is 8.92. The summed E-state index contributed by atoms with van der Waals surface area (Å²) in [6.45, 7) is -0.133. The van der Waals surface area contributed by atoms with Crippen LogP contribution in [0.3, 0.4) is 0 Å². The normalized spacial score (nSPS) is 11.4. The highest BCUT2D eigenvalue weighted by molar-refractivity contribution is 9.10. The number of halogens is 6. The largest absolute Gasteiger partial charge is 0.573 e. The van der Waals surface area contributed by atoms with Crippen molar-refractivity contribution in [2.75, 3.05) is 6.61 Å². The lowest BCUT2D eigenvalue weighted by Crippen LogP contribution is -2.16. The Morgan fingerprint density at radius 1 is 1.13 bits per heavy atom. The zero-order chi connectivity index (χ0) is 22.8. The number of ether oxygens (including phenoxy) is 2. The van der Waals surface area contributed by atoms with Gasteiger partial charge < -0.3 is 19.6 Å². The van der Waals surface area contributed by atoms with Crippen LogP contribution in [0.4, 0.5) is 22.0 Å². The van der Waals surface area contributed by atoms with Gasteiger partial charge in [0.05, 0.1) is 13.0 Å². The van der Waals surface area contributed by atoms with Gasteiger partial charge in [-0.1, -0.05) is 0 Å². The number of nitrogens with zero attached hydrogens (tertiary/aromatic N) is 1. The van der Waals surface area contributed by atoms with Crippen LogP contribution >= 0.6 is 15.9 Å². The molecule has 1 aromatic heterocycles. The topological polar surface area (TPSA) is 87.6 Å². The quantitative estimate of drug-likeness (QED) is 0.455. The molecule has 0 fully saturated rings. The van der Waals surface area contributed by atoms with Crippen LogP contribution in [0.25, 0.3) is 11.3 Å². The number of carbonyl (C=O) groups excluding carboxylic acids is 1. The molecule has 164 valence electrons. The summed E-state index contributed by atoms with van der Waals surface area (Å²) in [7, 11) is 0. The van der Waals surface area contributed by atoms with E-state index in [1.165, 1.54) is 12.1 Å². The first-order chi connectivity index (χ1) is 14.5. The Kier molecular flexibility index (Phi) is 6.48. The van der Waals surface area contributed by atoms with Crippen LogP contribution in [0.1, 0.15) is 16.2 Å². The first-order valence-electron chi connectivity index (χ1n) is 8.47. The molecule has 3 aromatic rings. The number of nitrogens with two attached hydrogens (primary N) is 1. The van der Waals surface area contributed by atoms with Gasteiger partial charge in [0.2, 0.25) is 0 Å². The Morgan fingerprint density at radius 3 is 2.42 bits per heavy atom. The molecule has 2 N–H and O–H groups in total. The van der Waals surface area contributed by atoms with Gasteiger partial charge in [-0.2, -0.15) is 0 Å². The Hall–Kier alpha value is -3.15.